The molecule has 0 unspecified atom stereocenters. The fourth-order valence-corrected chi connectivity index (χ4v) is 1.97. The molecule has 1 saturated heterocycles. The summed E-state index contributed by atoms with van der Waals surface area (Å²) in [5, 5.41) is 5.83. The van der Waals surface area contributed by atoms with Gasteiger partial charge in [-0.15, -0.1) is 0 Å². The lowest BCUT2D eigenvalue weighted by molar-refractivity contribution is -0.0283. The molecule has 16 heavy (non-hydrogen) atoms. The highest BCUT2D eigenvalue weighted by Crippen LogP contribution is 2.23. The molecule has 3 rings (SSSR count). The van der Waals surface area contributed by atoms with Crippen LogP contribution in [0.15, 0.2) is 24.4 Å². The summed E-state index contributed by atoms with van der Waals surface area (Å²) in [6.07, 6.45) is 2.12. The van der Waals surface area contributed by atoms with E-state index in [1.165, 1.54) is 10.9 Å². The molecule has 0 spiro atoms. The van der Waals surface area contributed by atoms with Crippen molar-refractivity contribution in [3.8, 4) is 0 Å². The van der Waals surface area contributed by atoms with Gasteiger partial charge in [-0.3, -0.25) is 4.68 Å². The first-order valence-electron chi connectivity index (χ1n) is 5.80. The van der Waals surface area contributed by atoms with Crippen molar-refractivity contribution in [3.63, 3.8) is 0 Å². The fourth-order valence-electron chi connectivity index (χ4n) is 1.97. The summed E-state index contributed by atoms with van der Waals surface area (Å²) in [7, 11) is 0. The van der Waals surface area contributed by atoms with E-state index in [1.54, 1.807) is 0 Å². The van der Waals surface area contributed by atoms with E-state index in [0.29, 0.717) is 12.0 Å². The minimum atomic E-state index is 0.440. The van der Waals surface area contributed by atoms with Crippen LogP contribution >= 0.6 is 0 Å². The molecule has 84 valence electrons. The van der Waals surface area contributed by atoms with Crippen molar-refractivity contribution in [2.75, 3.05) is 13.2 Å². The Kier molecular flexibility index (Phi) is 2.21. The van der Waals surface area contributed by atoms with Gasteiger partial charge in [0.15, 0.2) is 0 Å². The minimum Gasteiger partial charge on any atom is -0.377 e. The highest BCUT2D eigenvalue weighted by atomic mass is 16.5. The first kappa shape index (κ1) is 9.85. The molecule has 2 heterocycles. The quantitative estimate of drug-likeness (QED) is 0.771. The summed E-state index contributed by atoms with van der Waals surface area (Å²) in [6, 6.07) is 6.98. The zero-order valence-electron chi connectivity index (χ0n) is 9.68. The third-order valence-corrected chi connectivity index (χ3v) is 3.21. The maximum Gasteiger partial charge on any atom is 0.0985 e. The van der Waals surface area contributed by atoms with E-state index in [9.17, 15) is 0 Å². The average molecular weight is 216 g/mol. The van der Waals surface area contributed by atoms with E-state index in [2.05, 4.69) is 43.3 Å². The van der Waals surface area contributed by atoms with Crippen molar-refractivity contribution < 1.29 is 4.74 Å². The van der Waals surface area contributed by atoms with Gasteiger partial charge in [0.2, 0.25) is 0 Å². The number of rotatable bonds is 2. The zero-order chi connectivity index (χ0) is 11.1. The van der Waals surface area contributed by atoms with Crippen LogP contribution in [0.1, 0.15) is 31.4 Å². The van der Waals surface area contributed by atoms with Crippen molar-refractivity contribution >= 4 is 10.9 Å². The Balaban J connectivity index is 2.03. The van der Waals surface area contributed by atoms with Gasteiger partial charge >= 0.3 is 0 Å². The molecule has 0 aliphatic carbocycles. The summed E-state index contributed by atoms with van der Waals surface area (Å²) >= 11 is 0. The third-order valence-electron chi connectivity index (χ3n) is 3.21. The zero-order valence-corrected chi connectivity index (χ0v) is 9.68. The van der Waals surface area contributed by atoms with Crippen molar-refractivity contribution in [2.45, 2.75) is 25.8 Å². The second kappa shape index (κ2) is 3.59. The number of nitrogens with zero attached hydrogens (tertiary/aromatic N) is 2. The van der Waals surface area contributed by atoms with Gasteiger partial charge in [-0.2, -0.15) is 5.10 Å². The Bertz CT molecular complexity index is 512. The Morgan fingerprint density at radius 1 is 1.38 bits per heavy atom. The molecule has 0 bridgehead atoms. The van der Waals surface area contributed by atoms with E-state index in [0.717, 1.165) is 18.7 Å². The molecule has 1 aliphatic heterocycles. The molecule has 0 atom stereocenters. The van der Waals surface area contributed by atoms with E-state index in [-0.39, 0.29) is 0 Å². The number of aromatic nitrogens is 2. The molecular weight excluding hydrogens is 200 g/mol. The van der Waals surface area contributed by atoms with Crippen LogP contribution in [0, 0.1) is 0 Å². The monoisotopic (exact) mass is 216 g/mol. The van der Waals surface area contributed by atoms with Crippen LogP contribution in [-0.4, -0.2) is 23.0 Å². The van der Waals surface area contributed by atoms with Crippen molar-refractivity contribution in [1.82, 2.24) is 9.78 Å². The predicted octanol–water partition coefficient (Wildman–Crippen LogP) is 2.73. The van der Waals surface area contributed by atoms with Gasteiger partial charge in [0, 0.05) is 11.6 Å². The molecule has 1 aromatic carbocycles. The van der Waals surface area contributed by atoms with Crippen LogP contribution in [0.5, 0.6) is 0 Å². The van der Waals surface area contributed by atoms with Gasteiger partial charge in [0.1, 0.15) is 0 Å². The van der Waals surface area contributed by atoms with Crippen LogP contribution in [0.4, 0.5) is 0 Å². The second-order valence-corrected chi connectivity index (χ2v) is 4.77. The number of hydrogen-bond acceptors (Lipinski definition) is 2. The average Bonchev–Trinajstić information content (AvgIpc) is 2.56. The summed E-state index contributed by atoms with van der Waals surface area (Å²) < 4.78 is 7.23. The number of hydrogen-bond donors (Lipinski definition) is 0. The molecule has 2 aromatic rings. The lowest BCUT2D eigenvalue weighted by Crippen LogP contribution is -2.30. The molecule has 1 fully saturated rings. The van der Waals surface area contributed by atoms with Gasteiger partial charge in [-0.05, 0) is 17.5 Å². The second-order valence-electron chi connectivity index (χ2n) is 4.77. The number of fused-ring (bicyclic) bond motifs is 1. The molecular formula is C13H16N2O. The molecule has 0 N–H and O–H groups in total. The smallest absolute Gasteiger partial charge is 0.0985 e. The van der Waals surface area contributed by atoms with Gasteiger partial charge < -0.3 is 4.74 Å². The van der Waals surface area contributed by atoms with Crippen molar-refractivity contribution in [3.05, 3.63) is 30.0 Å². The van der Waals surface area contributed by atoms with Gasteiger partial charge in [0.25, 0.3) is 0 Å². The van der Waals surface area contributed by atoms with Crippen LogP contribution < -0.4 is 0 Å². The van der Waals surface area contributed by atoms with E-state index in [1.807, 2.05) is 4.68 Å². The number of benzene rings is 1. The van der Waals surface area contributed by atoms with Crippen LogP contribution in [-0.2, 0) is 4.74 Å². The summed E-state index contributed by atoms with van der Waals surface area (Å²) in [4.78, 5) is 0. The molecule has 0 radical (unpaired) electrons. The maximum atomic E-state index is 5.19. The maximum absolute atomic E-state index is 5.19. The highest BCUT2D eigenvalue weighted by Gasteiger charge is 2.21. The van der Waals surface area contributed by atoms with Crippen molar-refractivity contribution in [1.29, 1.82) is 0 Å². The fraction of sp³-hybridized carbons (Fsp3) is 0.462. The molecule has 1 aliphatic rings. The molecule has 0 saturated carbocycles. The summed E-state index contributed by atoms with van der Waals surface area (Å²) in [5.41, 5.74) is 2.45. The Hall–Kier alpha value is -1.35. The number of ether oxygens (including phenoxy) is 1. The highest BCUT2D eigenvalue weighted by molar-refractivity contribution is 5.78. The van der Waals surface area contributed by atoms with Gasteiger partial charge in [0.05, 0.1) is 24.8 Å². The predicted molar refractivity (Wildman–Crippen MR) is 63.7 cm³/mol. The normalized spacial score (nSPS) is 16.9. The van der Waals surface area contributed by atoms with E-state index >= 15 is 0 Å². The minimum absolute atomic E-state index is 0.440. The largest absolute Gasteiger partial charge is 0.377 e. The Labute approximate surface area is 95.0 Å². The first-order valence-corrected chi connectivity index (χ1v) is 5.80. The van der Waals surface area contributed by atoms with Crippen LogP contribution in [0.2, 0.25) is 0 Å². The third kappa shape index (κ3) is 1.52. The van der Waals surface area contributed by atoms with Gasteiger partial charge in [-0.1, -0.05) is 26.0 Å². The standard InChI is InChI=1S/C13H16N2O/c1-9(2)10-3-4-11-6-15(12-7-16-8-12)14-13(11)5-10/h3-6,9,12H,7-8H2,1-2H3. The summed E-state index contributed by atoms with van der Waals surface area (Å²) in [5.74, 6) is 0.557. The van der Waals surface area contributed by atoms with Crippen LogP contribution in [0.25, 0.3) is 10.9 Å². The molecule has 3 heteroatoms. The molecule has 3 nitrogen and oxygen atoms in total. The summed E-state index contributed by atoms with van der Waals surface area (Å²) in [6.45, 7) is 6.01. The topological polar surface area (TPSA) is 27.1 Å². The van der Waals surface area contributed by atoms with Crippen LogP contribution in [0.3, 0.4) is 0 Å². The molecule has 0 amide bonds. The van der Waals surface area contributed by atoms with Crippen molar-refractivity contribution in [2.24, 2.45) is 0 Å². The molecule has 1 aromatic heterocycles. The Morgan fingerprint density at radius 3 is 2.81 bits per heavy atom. The van der Waals surface area contributed by atoms with Gasteiger partial charge in [-0.25, -0.2) is 0 Å². The SMILES string of the molecule is CC(C)c1ccc2cn(C3COC3)nc2c1. The first-order chi connectivity index (χ1) is 7.74. The lowest BCUT2D eigenvalue weighted by atomic mass is 10.0. The Morgan fingerprint density at radius 2 is 2.19 bits per heavy atom. The van der Waals surface area contributed by atoms with E-state index in [4.69, 9.17) is 4.74 Å². The lowest BCUT2D eigenvalue weighted by Gasteiger charge is -2.25. The van der Waals surface area contributed by atoms with E-state index < -0.39 is 0 Å².